The Morgan fingerprint density at radius 1 is 1.10 bits per heavy atom. The summed E-state index contributed by atoms with van der Waals surface area (Å²) in [6, 6.07) is 8.88. The first-order valence-corrected chi connectivity index (χ1v) is 8.79. The molecule has 3 rings (SSSR count). The number of benzene rings is 1. The molecular weight excluding hydrogens is 312 g/mol. The van der Waals surface area contributed by atoms with Gasteiger partial charge in [0.2, 0.25) is 0 Å². The quantitative estimate of drug-likeness (QED) is 0.906. The van der Waals surface area contributed by atoms with Crippen molar-refractivity contribution >= 4 is 15.9 Å². The first-order chi connectivity index (χ1) is 9.81. The summed E-state index contributed by atoms with van der Waals surface area (Å²) in [7, 11) is 0. The monoisotopic (exact) mass is 336 g/mol. The van der Waals surface area contributed by atoms with Crippen molar-refractivity contribution in [1.29, 1.82) is 0 Å². The Morgan fingerprint density at radius 3 is 2.55 bits per heavy atom. The normalized spacial score (nSPS) is 23.1. The van der Waals surface area contributed by atoms with Gasteiger partial charge in [-0.15, -0.1) is 0 Å². The van der Waals surface area contributed by atoms with Gasteiger partial charge in [0.05, 0.1) is 0 Å². The fourth-order valence-electron chi connectivity index (χ4n) is 3.64. The minimum atomic E-state index is 0.761. The highest BCUT2D eigenvalue weighted by Crippen LogP contribution is 2.30. The van der Waals surface area contributed by atoms with Gasteiger partial charge >= 0.3 is 0 Å². The molecule has 0 saturated carbocycles. The number of halogens is 1. The number of piperidine rings is 2. The Morgan fingerprint density at radius 2 is 1.85 bits per heavy atom. The Balaban J connectivity index is 1.49. The zero-order valence-electron chi connectivity index (χ0n) is 12.2. The van der Waals surface area contributed by atoms with Gasteiger partial charge in [-0.3, -0.25) is 0 Å². The maximum absolute atomic E-state index is 3.59. The smallest absolute Gasteiger partial charge is 0.0178 e. The second kappa shape index (κ2) is 7.06. The highest BCUT2D eigenvalue weighted by molar-refractivity contribution is 9.10. The van der Waals surface area contributed by atoms with E-state index >= 15 is 0 Å². The highest BCUT2D eigenvalue weighted by Gasteiger charge is 2.23. The van der Waals surface area contributed by atoms with Gasteiger partial charge in [0.15, 0.2) is 0 Å². The van der Waals surface area contributed by atoms with Crippen LogP contribution in [0.15, 0.2) is 28.7 Å². The Labute approximate surface area is 131 Å². The average Bonchev–Trinajstić information content (AvgIpc) is 2.49. The molecule has 0 atom stereocenters. The Kier molecular flexibility index (Phi) is 5.14. The van der Waals surface area contributed by atoms with Crippen molar-refractivity contribution in [1.82, 2.24) is 10.2 Å². The van der Waals surface area contributed by atoms with Crippen LogP contribution in [0.25, 0.3) is 0 Å². The summed E-state index contributed by atoms with van der Waals surface area (Å²) in [6.45, 7) is 6.33. The van der Waals surface area contributed by atoms with Crippen LogP contribution in [0.3, 0.4) is 0 Å². The van der Waals surface area contributed by atoms with Gasteiger partial charge in [-0.1, -0.05) is 28.1 Å². The summed E-state index contributed by atoms with van der Waals surface area (Å²) in [5, 5.41) is 3.46. The first kappa shape index (κ1) is 14.6. The van der Waals surface area contributed by atoms with Crippen LogP contribution in [0.4, 0.5) is 0 Å². The second-order valence-electron chi connectivity index (χ2n) is 6.32. The van der Waals surface area contributed by atoms with Crippen molar-refractivity contribution in [2.45, 2.75) is 31.6 Å². The fraction of sp³-hybridized carbons (Fsp3) is 0.647. The predicted octanol–water partition coefficient (Wildman–Crippen LogP) is 3.63. The molecule has 0 unspecified atom stereocenters. The zero-order chi connectivity index (χ0) is 13.8. The lowest BCUT2D eigenvalue weighted by Gasteiger charge is -2.35. The van der Waals surface area contributed by atoms with E-state index in [0.29, 0.717) is 0 Å². The van der Waals surface area contributed by atoms with Crippen LogP contribution in [0.1, 0.15) is 37.2 Å². The summed E-state index contributed by atoms with van der Waals surface area (Å²) < 4.78 is 1.21. The molecule has 0 aromatic heterocycles. The number of hydrogen-bond donors (Lipinski definition) is 1. The van der Waals surface area contributed by atoms with E-state index in [1.807, 2.05) is 0 Å². The fourth-order valence-corrected chi connectivity index (χ4v) is 4.06. The molecular formula is C17H25BrN2. The van der Waals surface area contributed by atoms with Crippen LogP contribution < -0.4 is 5.32 Å². The van der Waals surface area contributed by atoms with Gasteiger partial charge in [-0.05, 0) is 81.4 Å². The summed E-state index contributed by atoms with van der Waals surface area (Å²) in [6.07, 6.45) is 5.37. The molecule has 2 nitrogen and oxygen atoms in total. The van der Waals surface area contributed by atoms with Gasteiger partial charge in [0, 0.05) is 11.0 Å². The molecule has 110 valence electrons. The van der Waals surface area contributed by atoms with Gasteiger partial charge in [0.25, 0.3) is 0 Å². The molecule has 1 N–H and O–H groups in total. The number of hydrogen-bond acceptors (Lipinski definition) is 2. The molecule has 1 aromatic carbocycles. The highest BCUT2D eigenvalue weighted by atomic mass is 79.9. The third kappa shape index (κ3) is 3.84. The van der Waals surface area contributed by atoms with Gasteiger partial charge < -0.3 is 10.2 Å². The van der Waals surface area contributed by atoms with Gasteiger partial charge in [-0.2, -0.15) is 0 Å². The van der Waals surface area contributed by atoms with Crippen LogP contribution in [0.2, 0.25) is 0 Å². The Bertz CT molecular complexity index is 421. The van der Waals surface area contributed by atoms with E-state index in [9.17, 15) is 0 Å². The van der Waals surface area contributed by atoms with Crippen molar-refractivity contribution < 1.29 is 0 Å². The van der Waals surface area contributed by atoms with Crippen LogP contribution in [-0.2, 0) is 0 Å². The van der Waals surface area contributed by atoms with Crippen molar-refractivity contribution in [3.63, 3.8) is 0 Å². The molecule has 2 aliphatic rings. The molecule has 0 bridgehead atoms. The molecule has 2 heterocycles. The molecule has 2 fully saturated rings. The van der Waals surface area contributed by atoms with Crippen molar-refractivity contribution in [2.24, 2.45) is 5.92 Å². The van der Waals surface area contributed by atoms with Crippen LogP contribution >= 0.6 is 15.9 Å². The van der Waals surface area contributed by atoms with Crippen LogP contribution in [-0.4, -0.2) is 37.6 Å². The maximum atomic E-state index is 3.59. The van der Waals surface area contributed by atoms with E-state index in [2.05, 4.69) is 50.4 Å². The second-order valence-corrected chi connectivity index (χ2v) is 7.24. The molecule has 1 aromatic rings. The molecule has 2 aliphatic heterocycles. The summed E-state index contributed by atoms with van der Waals surface area (Å²) in [5.41, 5.74) is 1.51. The van der Waals surface area contributed by atoms with E-state index < -0.39 is 0 Å². The summed E-state index contributed by atoms with van der Waals surface area (Å²) >= 11 is 3.59. The predicted molar refractivity (Wildman–Crippen MR) is 88.2 cm³/mol. The van der Waals surface area contributed by atoms with Crippen molar-refractivity contribution in [2.75, 3.05) is 32.7 Å². The number of nitrogens with one attached hydrogen (secondary N) is 1. The van der Waals surface area contributed by atoms with E-state index in [4.69, 9.17) is 0 Å². The number of likely N-dealkylation sites (tertiary alicyclic amines) is 1. The standard InChI is InChI=1S/C17H25BrN2/c18-17-3-1-2-16(12-17)15-6-10-20(11-7-15)13-14-4-8-19-9-5-14/h1-3,12,14-15,19H,4-11,13H2. The lowest BCUT2D eigenvalue weighted by atomic mass is 9.88. The van der Waals surface area contributed by atoms with Crippen LogP contribution in [0.5, 0.6) is 0 Å². The maximum Gasteiger partial charge on any atom is 0.0178 e. The summed E-state index contributed by atoms with van der Waals surface area (Å²) in [4.78, 5) is 2.70. The van der Waals surface area contributed by atoms with Crippen molar-refractivity contribution in [3.05, 3.63) is 34.3 Å². The molecule has 0 radical (unpaired) electrons. The Hall–Kier alpha value is -0.380. The third-order valence-electron chi connectivity index (χ3n) is 4.88. The lowest BCUT2D eigenvalue weighted by Crippen LogP contribution is -2.39. The third-order valence-corrected chi connectivity index (χ3v) is 5.38. The van der Waals surface area contributed by atoms with Gasteiger partial charge in [-0.25, -0.2) is 0 Å². The molecule has 2 saturated heterocycles. The largest absolute Gasteiger partial charge is 0.317 e. The number of rotatable bonds is 3. The summed E-state index contributed by atoms with van der Waals surface area (Å²) in [5.74, 6) is 1.69. The molecule has 3 heteroatoms. The van der Waals surface area contributed by atoms with Gasteiger partial charge in [0.1, 0.15) is 0 Å². The first-order valence-electron chi connectivity index (χ1n) is 8.00. The minimum Gasteiger partial charge on any atom is -0.317 e. The average molecular weight is 337 g/mol. The van der Waals surface area contributed by atoms with E-state index in [1.165, 1.54) is 68.4 Å². The van der Waals surface area contributed by atoms with Crippen molar-refractivity contribution in [3.8, 4) is 0 Å². The van der Waals surface area contributed by atoms with E-state index in [-0.39, 0.29) is 0 Å². The van der Waals surface area contributed by atoms with Crippen LogP contribution in [0, 0.1) is 5.92 Å². The molecule has 0 spiro atoms. The van der Waals surface area contributed by atoms with E-state index in [0.717, 1.165) is 11.8 Å². The SMILES string of the molecule is Brc1cccc(C2CCN(CC3CCNCC3)CC2)c1. The van der Waals surface area contributed by atoms with E-state index in [1.54, 1.807) is 0 Å². The molecule has 0 amide bonds. The zero-order valence-corrected chi connectivity index (χ0v) is 13.7. The molecule has 20 heavy (non-hydrogen) atoms. The topological polar surface area (TPSA) is 15.3 Å². The minimum absolute atomic E-state index is 0.761. The lowest BCUT2D eigenvalue weighted by molar-refractivity contribution is 0.167. The molecule has 0 aliphatic carbocycles. The number of nitrogens with zero attached hydrogens (tertiary/aromatic N) is 1.